The Bertz CT molecular complexity index is 2050. The number of ether oxygens (including phenoxy) is 2. The number of hydrogen-bond donors (Lipinski definition) is 2. The van der Waals surface area contributed by atoms with Crippen LogP contribution in [-0.2, 0) is 15.7 Å². The van der Waals surface area contributed by atoms with Crippen molar-refractivity contribution in [3.05, 3.63) is 41.9 Å². The number of carbonyl (C=O) groups is 2. The van der Waals surface area contributed by atoms with Gasteiger partial charge in [0.05, 0.1) is 43.5 Å². The highest BCUT2D eigenvalue weighted by atomic mass is 19.4. The molecule has 0 atom stereocenters. The molecule has 11 rings (SSSR count). The van der Waals surface area contributed by atoms with Gasteiger partial charge in [-0.05, 0) is 119 Å². The molecule has 8 fully saturated rings. The number of halogens is 5. The molecule has 8 aliphatic rings. The van der Waals surface area contributed by atoms with Crippen LogP contribution in [0.4, 0.5) is 22.0 Å². The van der Waals surface area contributed by atoms with Crippen LogP contribution in [0.3, 0.4) is 0 Å². The largest absolute Gasteiger partial charge is 0.490 e. The van der Waals surface area contributed by atoms with Crippen LogP contribution in [-0.4, -0.2) is 86.3 Å². The van der Waals surface area contributed by atoms with Gasteiger partial charge >= 0.3 is 12.1 Å². The van der Waals surface area contributed by atoms with Gasteiger partial charge < -0.3 is 24.5 Å². The van der Waals surface area contributed by atoms with Crippen molar-refractivity contribution in [1.82, 2.24) is 24.8 Å². The highest BCUT2D eigenvalue weighted by molar-refractivity contribution is 6.00. The molecular weight excluding hydrogens is 749 g/mol. The summed E-state index contributed by atoms with van der Waals surface area (Å²) >= 11 is 0. The Morgan fingerprint density at radius 1 is 0.912 bits per heavy atom. The third kappa shape index (κ3) is 6.40. The van der Waals surface area contributed by atoms with Crippen molar-refractivity contribution in [2.75, 3.05) is 26.3 Å². The SMILES string of the molecule is O=C(NC1(C(=O)O)C2CC3CC(C2)CC1C3)c1cnc(-c2cn(C3CCC4(CC3)COC4)c3cc(OC4CCC(N5CC(F)(F)C5)CC4)ccc23)nc1C(F)(F)F. The van der Waals surface area contributed by atoms with E-state index in [-0.39, 0.29) is 54.4 Å². The van der Waals surface area contributed by atoms with E-state index in [1.807, 2.05) is 23.2 Å². The molecule has 1 aromatic carbocycles. The maximum atomic E-state index is 14.9. The van der Waals surface area contributed by atoms with Crippen LogP contribution in [0.5, 0.6) is 5.75 Å². The molecule has 6 saturated carbocycles. The van der Waals surface area contributed by atoms with E-state index in [2.05, 4.69) is 19.9 Å². The van der Waals surface area contributed by atoms with Crippen molar-refractivity contribution in [3.63, 3.8) is 0 Å². The van der Waals surface area contributed by atoms with Crippen molar-refractivity contribution in [1.29, 1.82) is 0 Å². The lowest BCUT2D eigenvalue weighted by Crippen LogP contribution is -2.70. The van der Waals surface area contributed by atoms with E-state index in [9.17, 15) is 36.6 Å². The number of carboxylic acids is 1. The van der Waals surface area contributed by atoms with E-state index in [0.29, 0.717) is 54.2 Å². The van der Waals surface area contributed by atoms with Crippen LogP contribution in [0, 0.1) is 29.1 Å². The van der Waals surface area contributed by atoms with E-state index in [1.165, 1.54) is 0 Å². The maximum absolute atomic E-state index is 14.9. The second-order valence-corrected chi connectivity index (χ2v) is 18.5. The van der Waals surface area contributed by atoms with Crippen molar-refractivity contribution >= 4 is 22.8 Å². The van der Waals surface area contributed by atoms with Gasteiger partial charge in [0.2, 0.25) is 0 Å². The summed E-state index contributed by atoms with van der Waals surface area (Å²) in [5.41, 5.74) is -2.49. The lowest BCUT2D eigenvalue weighted by Gasteiger charge is -2.59. The summed E-state index contributed by atoms with van der Waals surface area (Å²) in [6.45, 7) is 1.10. The zero-order valence-corrected chi connectivity index (χ0v) is 31.7. The van der Waals surface area contributed by atoms with E-state index in [4.69, 9.17) is 9.47 Å². The molecule has 15 heteroatoms. The Hall–Kier alpha value is -3.85. The van der Waals surface area contributed by atoms with Gasteiger partial charge in [-0.15, -0.1) is 0 Å². The van der Waals surface area contributed by atoms with E-state index >= 15 is 0 Å². The molecule has 2 N–H and O–H groups in total. The lowest BCUT2D eigenvalue weighted by atomic mass is 9.48. The minimum atomic E-state index is -5.03. The number of hydrogen-bond acceptors (Lipinski definition) is 7. The smallest absolute Gasteiger partial charge is 0.434 e. The fourth-order valence-electron chi connectivity index (χ4n) is 12.2. The number of nitrogens with one attached hydrogen (secondary N) is 1. The number of benzene rings is 1. The zero-order valence-electron chi connectivity index (χ0n) is 31.7. The third-order valence-corrected chi connectivity index (χ3v) is 15.0. The Kier molecular flexibility index (Phi) is 8.76. The molecule has 1 amide bonds. The van der Waals surface area contributed by atoms with Gasteiger partial charge in [-0.25, -0.2) is 23.5 Å². The number of fused-ring (bicyclic) bond motifs is 1. The summed E-state index contributed by atoms with van der Waals surface area (Å²) < 4.78 is 85.8. The van der Waals surface area contributed by atoms with Crippen LogP contribution >= 0.6 is 0 Å². The standard InChI is InChI=1S/C42H48F5N5O5/c43-40(44)19-51(20-40)27-1-3-29(4-2-27)57-30-5-6-31-33(18-52(34(31)16-30)28-7-9-39(10-8-28)21-56-22-39)36-48-17-32(35(49-36)42(45,46)47)37(53)50-41(38(54)55)25-12-23-11-24(14-25)15-26(41)13-23/h5-6,16-18,23-29H,1-4,7-15,19-22H2,(H,50,53)(H,54,55). The first-order chi connectivity index (χ1) is 27.2. The van der Waals surface area contributed by atoms with Gasteiger partial charge in [-0.1, -0.05) is 0 Å². The first kappa shape index (κ1) is 37.4. The molecule has 4 heterocycles. The van der Waals surface area contributed by atoms with Crippen LogP contribution in [0.25, 0.3) is 22.3 Å². The van der Waals surface area contributed by atoms with Gasteiger partial charge in [0, 0.05) is 46.9 Å². The minimum absolute atomic E-state index is 0.0631. The average molecular weight is 798 g/mol. The number of aromatic nitrogens is 3. The quantitative estimate of drug-likeness (QED) is 0.221. The molecule has 6 aliphatic carbocycles. The van der Waals surface area contributed by atoms with Gasteiger partial charge in [0.15, 0.2) is 11.5 Å². The predicted octanol–water partition coefficient (Wildman–Crippen LogP) is 7.90. The number of alkyl halides is 5. The Labute approximate surface area is 326 Å². The van der Waals surface area contributed by atoms with Crippen molar-refractivity contribution in [2.45, 2.75) is 119 Å². The van der Waals surface area contributed by atoms with Crippen molar-refractivity contribution in [2.24, 2.45) is 29.1 Å². The first-order valence-electron chi connectivity index (χ1n) is 20.7. The second kappa shape index (κ2) is 13.3. The zero-order chi connectivity index (χ0) is 39.5. The minimum Gasteiger partial charge on any atom is -0.490 e. The van der Waals surface area contributed by atoms with Gasteiger partial charge in [0.25, 0.3) is 11.8 Å². The first-order valence-corrected chi connectivity index (χ1v) is 20.7. The summed E-state index contributed by atoms with van der Waals surface area (Å²) in [6.07, 6.45) is 7.82. The van der Waals surface area contributed by atoms with Crippen LogP contribution < -0.4 is 10.1 Å². The molecule has 306 valence electrons. The average Bonchev–Trinajstić information content (AvgIpc) is 3.53. The molecule has 4 bridgehead atoms. The molecule has 10 nitrogen and oxygen atoms in total. The predicted molar refractivity (Wildman–Crippen MR) is 197 cm³/mol. The normalized spacial score (nSPS) is 33.2. The summed E-state index contributed by atoms with van der Waals surface area (Å²) in [7, 11) is 0. The van der Waals surface area contributed by atoms with E-state index < -0.39 is 40.8 Å². The summed E-state index contributed by atoms with van der Waals surface area (Å²) in [6, 6.07) is 5.71. The third-order valence-electron chi connectivity index (χ3n) is 15.0. The van der Waals surface area contributed by atoms with E-state index in [1.54, 1.807) is 6.07 Å². The number of nitrogens with zero attached hydrogens (tertiary/aromatic N) is 4. The number of likely N-dealkylation sites (tertiary alicyclic amines) is 1. The highest BCUT2D eigenvalue weighted by Gasteiger charge is 2.62. The Balaban J connectivity index is 0.952. The van der Waals surface area contributed by atoms with Gasteiger partial charge in [0.1, 0.15) is 11.3 Å². The Morgan fingerprint density at radius 2 is 1.58 bits per heavy atom. The van der Waals surface area contributed by atoms with Crippen LogP contribution in [0.2, 0.25) is 0 Å². The fraction of sp³-hybridized carbons (Fsp3) is 0.667. The number of aliphatic carboxylic acids is 1. The Morgan fingerprint density at radius 3 is 2.16 bits per heavy atom. The topological polar surface area (TPSA) is 119 Å². The molecule has 2 saturated heterocycles. The molecule has 2 aliphatic heterocycles. The molecular formula is C42H48F5N5O5. The number of amides is 1. The molecule has 2 aromatic heterocycles. The monoisotopic (exact) mass is 797 g/mol. The van der Waals surface area contributed by atoms with E-state index in [0.717, 1.165) is 82.7 Å². The van der Waals surface area contributed by atoms with Gasteiger partial charge in [-0.3, -0.25) is 9.69 Å². The fourth-order valence-corrected chi connectivity index (χ4v) is 12.2. The molecule has 57 heavy (non-hydrogen) atoms. The van der Waals surface area contributed by atoms with Crippen molar-refractivity contribution < 1.29 is 46.1 Å². The van der Waals surface area contributed by atoms with Crippen LogP contribution in [0.15, 0.2) is 30.6 Å². The molecule has 0 unspecified atom stereocenters. The van der Waals surface area contributed by atoms with Crippen LogP contribution in [0.1, 0.15) is 106 Å². The second-order valence-electron chi connectivity index (χ2n) is 18.5. The number of carboxylic acid groups (broad SMARTS) is 1. The number of rotatable bonds is 8. The number of carbonyl (C=O) groups excluding carboxylic acids is 1. The maximum Gasteiger partial charge on any atom is 0.434 e. The molecule has 0 radical (unpaired) electrons. The summed E-state index contributed by atoms with van der Waals surface area (Å²) in [4.78, 5) is 37.0. The summed E-state index contributed by atoms with van der Waals surface area (Å²) in [5.74, 6) is -4.41. The highest BCUT2D eigenvalue weighted by Crippen LogP contribution is 2.58. The molecule has 1 spiro atoms. The van der Waals surface area contributed by atoms with Gasteiger partial charge in [-0.2, -0.15) is 13.2 Å². The summed E-state index contributed by atoms with van der Waals surface area (Å²) in [5, 5.41) is 13.8. The molecule has 3 aromatic rings. The lowest BCUT2D eigenvalue weighted by molar-refractivity contribution is -0.163. The van der Waals surface area contributed by atoms with Crippen molar-refractivity contribution in [3.8, 4) is 17.1 Å².